The van der Waals surface area contributed by atoms with Crippen molar-refractivity contribution in [3.8, 4) is 0 Å². The van der Waals surface area contributed by atoms with Gasteiger partial charge in [-0.2, -0.15) is 0 Å². The van der Waals surface area contributed by atoms with Crippen LogP contribution in [0.3, 0.4) is 0 Å². The molecule has 3 N–H and O–H groups in total. The number of carbonyl (C=O) groups excluding carboxylic acids is 3. The predicted octanol–water partition coefficient (Wildman–Crippen LogP) is 4.39. The zero-order valence-electron chi connectivity index (χ0n) is 21.1. The highest BCUT2D eigenvalue weighted by Crippen LogP contribution is 2.12. The lowest BCUT2D eigenvalue weighted by Gasteiger charge is -2.26. The number of benzene rings is 2. The van der Waals surface area contributed by atoms with Crippen LogP contribution in [0.1, 0.15) is 63.1 Å². The molecule has 0 saturated carbocycles. The Labute approximate surface area is 207 Å². The summed E-state index contributed by atoms with van der Waals surface area (Å²) in [7, 11) is 0. The first-order valence-electron chi connectivity index (χ1n) is 11.8. The molecule has 0 aliphatic carbocycles. The number of carbonyl (C=O) groups is 3. The van der Waals surface area contributed by atoms with E-state index in [4.69, 9.17) is 15.3 Å². The van der Waals surface area contributed by atoms with E-state index in [1.165, 1.54) is 0 Å². The predicted molar refractivity (Wildman–Crippen MR) is 134 cm³/mol. The Kier molecular flexibility index (Phi) is 10.7. The number of nitrogens with two attached hydrogens (primary N) is 1. The monoisotopic (exact) mass is 483 g/mol. The van der Waals surface area contributed by atoms with E-state index in [1.54, 1.807) is 20.8 Å². The van der Waals surface area contributed by atoms with Gasteiger partial charge in [0.2, 0.25) is 0 Å². The van der Waals surface area contributed by atoms with E-state index in [-0.39, 0.29) is 25.5 Å². The Bertz CT molecular complexity index is 955. The second-order valence-electron chi connectivity index (χ2n) is 9.54. The molecule has 0 aliphatic heterocycles. The van der Waals surface area contributed by atoms with Gasteiger partial charge in [-0.1, -0.05) is 66.6 Å². The zero-order chi connectivity index (χ0) is 25.8. The summed E-state index contributed by atoms with van der Waals surface area (Å²) in [4.78, 5) is 37.4. The summed E-state index contributed by atoms with van der Waals surface area (Å²) in [5, 5.41) is 3.73. The van der Waals surface area contributed by atoms with Gasteiger partial charge in [-0.25, -0.2) is 10.6 Å². The Morgan fingerprint density at radius 1 is 0.971 bits per heavy atom. The molecule has 35 heavy (non-hydrogen) atoms. The maximum absolute atomic E-state index is 13.0. The Morgan fingerprint density at radius 2 is 1.63 bits per heavy atom. The third kappa shape index (κ3) is 11.1. The fourth-order valence-electron chi connectivity index (χ4n) is 3.30. The van der Waals surface area contributed by atoms with Crippen LogP contribution in [0.4, 0.5) is 4.79 Å². The molecule has 0 aliphatic rings. The van der Waals surface area contributed by atoms with Gasteiger partial charge in [0.1, 0.15) is 18.2 Å². The van der Waals surface area contributed by atoms with Crippen molar-refractivity contribution >= 4 is 18.0 Å². The van der Waals surface area contributed by atoms with Crippen LogP contribution in [0.15, 0.2) is 54.6 Å². The fourth-order valence-corrected chi connectivity index (χ4v) is 3.30. The largest absolute Gasteiger partial charge is 0.461 e. The van der Waals surface area contributed by atoms with E-state index in [9.17, 15) is 14.4 Å². The van der Waals surface area contributed by atoms with Crippen molar-refractivity contribution in [1.82, 2.24) is 10.3 Å². The van der Waals surface area contributed by atoms with Gasteiger partial charge in [-0.05, 0) is 51.7 Å². The van der Waals surface area contributed by atoms with Gasteiger partial charge >= 0.3 is 12.1 Å². The fraction of sp³-hybridized carbons (Fsp3) is 0.444. The summed E-state index contributed by atoms with van der Waals surface area (Å²) >= 11 is 0. The van der Waals surface area contributed by atoms with Crippen molar-refractivity contribution < 1.29 is 23.9 Å². The number of alkyl carbamates (subject to hydrolysis) is 1. The lowest BCUT2D eigenvalue weighted by atomic mass is 10.1. The topological polar surface area (TPSA) is 111 Å². The van der Waals surface area contributed by atoms with E-state index >= 15 is 0 Å². The third-order valence-corrected chi connectivity index (χ3v) is 5.11. The zero-order valence-corrected chi connectivity index (χ0v) is 21.1. The summed E-state index contributed by atoms with van der Waals surface area (Å²) in [5.74, 6) is 5.32. The van der Waals surface area contributed by atoms with Crippen LogP contribution in [0.25, 0.3) is 0 Å². The van der Waals surface area contributed by atoms with Crippen LogP contribution in [-0.2, 0) is 32.2 Å². The van der Waals surface area contributed by atoms with Gasteiger partial charge < -0.3 is 14.8 Å². The van der Waals surface area contributed by atoms with Gasteiger partial charge in [-0.15, -0.1) is 0 Å². The molecule has 0 aromatic heterocycles. The number of hydrogen-bond donors (Lipinski definition) is 2. The number of nitrogens with one attached hydrogen (secondary N) is 1. The maximum Gasteiger partial charge on any atom is 0.408 e. The Hall–Kier alpha value is -3.39. The smallest absolute Gasteiger partial charge is 0.408 e. The van der Waals surface area contributed by atoms with E-state index < -0.39 is 23.6 Å². The minimum absolute atomic E-state index is 0.206. The number of esters is 1. The number of hydrazine groups is 1. The van der Waals surface area contributed by atoms with Crippen molar-refractivity contribution in [2.45, 2.75) is 78.2 Å². The highest BCUT2D eigenvalue weighted by Gasteiger charge is 2.27. The van der Waals surface area contributed by atoms with Crippen LogP contribution < -0.4 is 11.2 Å². The molecule has 0 radical (unpaired) electrons. The number of unbranched alkanes of at least 4 members (excludes halogenated alkanes) is 1. The van der Waals surface area contributed by atoms with Crippen molar-refractivity contribution in [2.75, 3.05) is 0 Å². The number of nitrogens with zero attached hydrogens (tertiary/aromatic N) is 1. The first-order valence-corrected chi connectivity index (χ1v) is 11.8. The summed E-state index contributed by atoms with van der Waals surface area (Å²) in [6, 6.07) is 16.3. The van der Waals surface area contributed by atoms with Gasteiger partial charge in [0.25, 0.3) is 5.91 Å². The first kappa shape index (κ1) is 27.9. The van der Waals surface area contributed by atoms with Crippen molar-refractivity contribution in [2.24, 2.45) is 5.84 Å². The lowest BCUT2D eigenvalue weighted by molar-refractivity contribution is -0.145. The molecule has 2 aromatic rings. The highest BCUT2D eigenvalue weighted by atomic mass is 16.6. The van der Waals surface area contributed by atoms with Crippen molar-refractivity contribution in [1.29, 1.82) is 0 Å². The first-order chi connectivity index (χ1) is 16.5. The minimum atomic E-state index is -0.874. The summed E-state index contributed by atoms with van der Waals surface area (Å²) in [6.45, 7) is 7.65. The van der Waals surface area contributed by atoms with E-state index in [2.05, 4.69) is 5.32 Å². The standard InChI is InChI=1S/C27H37N3O5/c1-20-14-16-21(17-15-20)18-30(28)25(32)23(29-26(33)35-27(2,3)4)12-8-9-13-24(31)34-19-22-10-6-5-7-11-22/h5-7,10-11,14-17,23H,8-9,12-13,18-19,28H2,1-4H3,(H,29,33). The number of aryl methyl sites for hydroxylation is 1. The van der Waals surface area contributed by atoms with Gasteiger partial charge in [0.15, 0.2) is 0 Å². The minimum Gasteiger partial charge on any atom is -0.461 e. The molecule has 190 valence electrons. The van der Waals surface area contributed by atoms with E-state index in [0.717, 1.165) is 21.7 Å². The van der Waals surface area contributed by atoms with Crippen LogP contribution >= 0.6 is 0 Å². The number of amides is 2. The average Bonchev–Trinajstić information content (AvgIpc) is 2.80. The normalized spacial score (nSPS) is 11.9. The summed E-state index contributed by atoms with van der Waals surface area (Å²) < 4.78 is 10.6. The van der Waals surface area contributed by atoms with Crippen LogP contribution in [0.2, 0.25) is 0 Å². The molecule has 0 saturated heterocycles. The summed E-state index contributed by atoms with van der Waals surface area (Å²) in [6.07, 6.45) is 0.865. The molecule has 2 aromatic carbocycles. The molecule has 8 heteroatoms. The average molecular weight is 484 g/mol. The molecule has 0 heterocycles. The van der Waals surface area contributed by atoms with Crippen LogP contribution in [0.5, 0.6) is 0 Å². The molecule has 0 bridgehead atoms. The van der Waals surface area contributed by atoms with Crippen LogP contribution in [-0.4, -0.2) is 34.6 Å². The number of hydrogen-bond acceptors (Lipinski definition) is 6. The van der Waals surface area contributed by atoms with Crippen LogP contribution in [0, 0.1) is 6.92 Å². The maximum atomic E-state index is 13.0. The van der Waals surface area contributed by atoms with Gasteiger partial charge in [0, 0.05) is 6.42 Å². The molecule has 8 nitrogen and oxygen atoms in total. The van der Waals surface area contributed by atoms with Gasteiger partial charge in [0.05, 0.1) is 6.54 Å². The quantitative estimate of drug-likeness (QED) is 0.161. The third-order valence-electron chi connectivity index (χ3n) is 5.11. The molecular weight excluding hydrogens is 446 g/mol. The molecule has 2 amide bonds. The van der Waals surface area contributed by atoms with Crippen molar-refractivity contribution in [3.05, 3.63) is 71.3 Å². The molecule has 0 spiro atoms. The van der Waals surface area contributed by atoms with E-state index in [1.807, 2.05) is 61.5 Å². The van der Waals surface area contributed by atoms with Gasteiger partial charge in [-0.3, -0.25) is 14.6 Å². The molecule has 0 fully saturated rings. The Balaban J connectivity index is 1.89. The number of ether oxygens (including phenoxy) is 2. The lowest BCUT2D eigenvalue weighted by Crippen LogP contribution is -2.51. The van der Waals surface area contributed by atoms with Crippen molar-refractivity contribution in [3.63, 3.8) is 0 Å². The molecule has 1 atom stereocenters. The summed E-state index contributed by atoms with van der Waals surface area (Å²) in [5.41, 5.74) is 2.20. The van der Waals surface area contributed by atoms with E-state index in [0.29, 0.717) is 19.3 Å². The molecule has 1 unspecified atom stereocenters. The second kappa shape index (κ2) is 13.5. The number of rotatable bonds is 11. The Morgan fingerprint density at radius 3 is 2.26 bits per heavy atom. The second-order valence-corrected chi connectivity index (χ2v) is 9.54. The SMILES string of the molecule is Cc1ccc(CN(N)C(=O)C(CCCCC(=O)OCc2ccccc2)NC(=O)OC(C)(C)C)cc1. The molecule has 2 rings (SSSR count). The highest BCUT2D eigenvalue weighted by molar-refractivity contribution is 5.85. The molecular formula is C27H37N3O5.